The van der Waals surface area contributed by atoms with E-state index in [9.17, 15) is 31.1 Å². The maximum Gasteiger partial charge on any atom is 0.417 e. The minimum Gasteiger partial charge on any atom is -0.379 e. The molecule has 0 bridgehead atoms. The first-order chi connectivity index (χ1) is 13.8. The summed E-state index contributed by atoms with van der Waals surface area (Å²) >= 11 is 0. The van der Waals surface area contributed by atoms with Gasteiger partial charge in [-0.2, -0.15) is 26.3 Å². The van der Waals surface area contributed by atoms with E-state index in [0.29, 0.717) is 29.9 Å². The Bertz CT molecular complexity index is 981. The number of rotatable bonds is 2. The maximum absolute atomic E-state index is 13.5. The standard InChI is InChI=1S/C21H20F6N2O/c1-4-14-10-29(18-8-12(3)11(2)7-17(18)28-14)19(30)15-9-13(20(22,23)24)5-6-16(15)21(25,26)27/h5-9,14,28H,4,10H2,1-3H3. The van der Waals surface area contributed by atoms with E-state index in [2.05, 4.69) is 5.32 Å². The summed E-state index contributed by atoms with van der Waals surface area (Å²) in [6.07, 6.45) is -9.27. The van der Waals surface area contributed by atoms with Crippen LogP contribution in [0.25, 0.3) is 0 Å². The summed E-state index contributed by atoms with van der Waals surface area (Å²) in [6, 6.07) is 4.13. The third-order valence-electron chi connectivity index (χ3n) is 5.29. The third kappa shape index (κ3) is 4.11. The van der Waals surface area contributed by atoms with E-state index in [1.165, 1.54) is 0 Å². The van der Waals surface area contributed by atoms with Gasteiger partial charge in [-0.15, -0.1) is 0 Å². The Morgan fingerprint density at radius 2 is 1.67 bits per heavy atom. The van der Waals surface area contributed by atoms with Crippen molar-refractivity contribution >= 4 is 17.3 Å². The molecule has 162 valence electrons. The first-order valence-electron chi connectivity index (χ1n) is 9.31. The Hall–Kier alpha value is -2.71. The highest BCUT2D eigenvalue weighted by Crippen LogP contribution is 2.40. The van der Waals surface area contributed by atoms with E-state index in [4.69, 9.17) is 0 Å². The van der Waals surface area contributed by atoms with Crippen LogP contribution in [0.2, 0.25) is 0 Å². The van der Waals surface area contributed by atoms with Gasteiger partial charge in [-0.05, 0) is 61.7 Å². The van der Waals surface area contributed by atoms with Gasteiger partial charge >= 0.3 is 12.4 Å². The number of hydrogen-bond donors (Lipinski definition) is 1. The lowest BCUT2D eigenvalue weighted by Gasteiger charge is -2.36. The van der Waals surface area contributed by atoms with Crippen molar-refractivity contribution in [2.75, 3.05) is 16.8 Å². The van der Waals surface area contributed by atoms with E-state index in [-0.39, 0.29) is 18.7 Å². The van der Waals surface area contributed by atoms with Crippen LogP contribution < -0.4 is 10.2 Å². The Morgan fingerprint density at radius 1 is 1.03 bits per heavy atom. The van der Waals surface area contributed by atoms with Crippen LogP contribution >= 0.6 is 0 Å². The van der Waals surface area contributed by atoms with Crippen molar-refractivity contribution in [2.45, 2.75) is 45.6 Å². The molecule has 1 N–H and O–H groups in total. The number of aryl methyl sites for hydroxylation is 2. The largest absolute Gasteiger partial charge is 0.417 e. The molecular formula is C21H20F6N2O. The van der Waals surface area contributed by atoms with Crippen LogP contribution in [0.5, 0.6) is 0 Å². The first-order valence-corrected chi connectivity index (χ1v) is 9.31. The highest BCUT2D eigenvalue weighted by molar-refractivity contribution is 6.09. The Balaban J connectivity index is 2.18. The van der Waals surface area contributed by atoms with Crippen molar-refractivity contribution in [3.63, 3.8) is 0 Å². The van der Waals surface area contributed by atoms with Crippen molar-refractivity contribution in [3.05, 3.63) is 58.1 Å². The van der Waals surface area contributed by atoms with Gasteiger partial charge in [0.2, 0.25) is 0 Å². The normalized spacial score (nSPS) is 16.8. The fraction of sp³-hybridized carbons (Fsp3) is 0.381. The maximum atomic E-state index is 13.5. The summed E-state index contributed by atoms with van der Waals surface area (Å²) in [5.74, 6) is -1.11. The number of fused-ring (bicyclic) bond motifs is 1. The highest BCUT2D eigenvalue weighted by Gasteiger charge is 2.40. The number of carbonyl (C=O) groups excluding carboxylic acids is 1. The molecule has 3 nitrogen and oxygen atoms in total. The molecule has 1 heterocycles. The van der Waals surface area contributed by atoms with Gasteiger partial charge < -0.3 is 10.2 Å². The molecule has 1 amide bonds. The van der Waals surface area contributed by atoms with Crippen molar-refractivity contribution in [2.24, 2.45) is 0 Å². The topological polar surface area (TPSA) is 32.3 Å². The second kappa shape index (κ2) is 7.52. The molecule has 0 saturated carbocycles. The van der Waals surface area contributed by atoms with Crippen LogP contribution in [-0.2, 0) is 12.4 Å². The lowest BCUT2D eigenvalue weighted by molar-refractivity contribution is -0.141. The van der Waals surface area contributed by atoms with Crippen molar-refractivity contribution in [1.29, 1.82) is 0 Å². The van der Waals surface area contributed by atoms with E-state index in [1.807, 2.05) is 13.8 Å². The Kier molecular flexibility index (Phi) is 5.51. The molecule has 1 aliphatic rings. The second-order valence-electron chi connectivity index (χ2n) is 7.37. The number of anilines is 2. The number of alkyl halides is 6. The lowest BCUT2D eigenvalue weighted by Crippen LogP contribution is -2.45. The monoisotopic (exact) mass is 430 g/mol. The minimum atomic E-state index is -4.97. The van der Waals surface area contributed by atoms with Crippen LogP contribution in [0.3, 0.4) is 0 Å². The molecule has 1 atom stereocenters. The SMILES string of the molecule is CCC1CN(C(=O)c2cc(C(F)(F)F)ccc2C(F)(F)F)c2cc(C)c(C)cc2N1. The molecule has 1 unspecified atom stereocenters. The fourth-order valence-corrected chi connectivity index (χ4v) is 3.44. The number of nitrogens with zero attached hydrogens (tertiary/aromatic N) is 1. The van der Waals surface area contributed by atoms with Crippen LogP contribution in [-0.4, -0.2) is 18.5 Å². The summed E-state index contributed by atoms with van der Waals surface area (Å²) in [5.41, 5.74) is -1.08. The zero-order chi connectivity index (χ0) is 22.4. The number of halogens is 6. The lowest BCUT2D eigenvalue weighted by atomic mass is 9.98. The number of carbonyl (C=O) groups is 1. The van der Waals surface area contributed by atoms with Crippen molar-refractivity contribution in [1.82, 2.24) is 0 Å². The van der Waals surface area contributed by atoms with Gasteiger partial charge in [0.15, 0.2) is 0 Å². The quantitative estimate of drug-likeness (QED) is 0.576. The minimum absolute atomic E-state index is 0.0401. The zero-order valence-corrected chi connectivity index (χ0v) is 16.5. The molecule has 0 fully saturated rings. The average molecular weight is 430 g/mol. The molecule has 0 aliphatic carbocycles. The van der Waals surface area contributed by atoms with Crippen molar-refractivity contribution < 1.29 is 31.1 Å². The number of amides is 1. The molecule has 3 rings (SSSR count). The molecule has 2 aromatic rings. The van der Waals surface area contributed by atoms with Crippen LogP contribution in [0.4, 0.5) is 37.7 Å². The molecule has 9 heteroatoms. The van der Waals surface area contributed by atoms with Gasteiger partial charge in [-0.3, -0.25) is 4.79 Å². The molecule has 0 spiro atoms. The predicted octanol–water partition coefficient (Wildman–Crippen LogP) is 6.19. The smallest absolute Gasteiger partial charge is 0.379 e. The zero-order valence-electron chi connectivity index (χ0n) is 16.5. The molecule has 1 aliphatic heterocycles. The summed E-state index contributed by atoms with van der Waals surface area (Å²) in [5, 5.41) is 3.24. The molecule has 0 radical (unpaired) electrons. The predicted molar refractivity (Wildman–Crippen MR) is 102 cm³/mol. The fourth-order valence-electron chi connectivity index (χ4n) is 3.44. The van der Waals surface area contributed by atoms with E-state index in [1.54, 1.807) is 19.1 Å². The Morgan fingerprint density at radius 3 is 2.23 bits per heavy atom. The van der Waals surface area contributed by atoms with Gasteiger partial charge in [-0.1, -0.05) is 6.92 Å². The van der Waals surface area contributed by atoms with Crippen LogP contribution in [0, 0.1) is 13.8 Å². The van der Waals surface area contributed by atoms with Crippen LogP contribution in [0.1, 0.15) is 46.0 Å². The van der Waals surface area contributed by atoms with Gasteiger partial charge in [0.1, 0.15) is 0 Å². The average Bonchev–Trinajstić information content (AvgIpc) is 2.65. The van der Waals surface area contributed by atoms with Gasteiger partial charge in [0.05, 0.1) is 28.1 Å². The number of nitrogens with one attached hydrogen (secondary N) is 1. The highest BCUT2D eigenvalue weighted by atomic mass is 19.4. The van der Waals surface area contributed by atoms with E-state index >= 15 is 0 Å². The summed E-state index contributed by atoms with van der Waals surface area (Å²) in [7, 11) is 0. The summed E-state index contributed by atoms with van der Waals surface area (Å²) in [6.45, 7) is 5.53. The molecular weight excluding hydrogens is 410 g/mol. The second-order valence-corrected chi connectivity index (χ2v) is 7.37. The molecule has 0 saturated heterocycles. The third-order valence-corrected chi connectivity index (χ3v) is 5.29. The van der Waals surface area contributed by atoms with E-state index in [0.717, 1.165) is 16.0 Å². The molecule has 2 aromatic carbocycles. The van der Waals surface area contributed by atoms with Gasteiger partial charge in [0, 0.05) is 12.6 Å². The van der Waals surface area contributed by atoms with Gasteiger partial charge in [-0.25, -0.2) is 0 Å². The van der Waals surface area contributed by atoms with Gasteiger partial charge in [0.25, 0.3) is 5.91 Å². The summed E-state index contributed by atoms with van der Waals surface area (Å²) in [4.78, 5) is 14.3. The number of hydrogen-bond acceptors (Lipinski definition) is 2. The first kappa shape index (κ1) is 22.0. The van der Waals surface area contributed by atoms with E-state index < -0.39 is 35.0 Å². The van der Waals surface area contributed by atoms with Crippen LogP contribution in [0.15, 0.2) is 30.3 Å². The van der Waals surface area contributed by atoms with Crippen molar-refractivity contribution in [3.8, 4) is 0 Å². The molecule has 30 heavy (non-hydrogen) atoms. The Labute approximate surface area is 169 Å². The number of benzene rings is 2. The summed E-state index contributed by atoms with van der Waals surface area (Å²) < 4.78 is 79.9. The molecule has 0 aromatic heterocycles.